The van der Waals surface area contributed by atoms with Crippen molar-refractivity contribution in [2.24, 2.45) is 0 Å². The van der Waals surface area contributed by atoms with Crippen LogP contribution in [0.3, 0.4) is 0 Å². The van der Waals surface area contributed by atoms with Gasteiger partial charge in [-0.25, -0.2) is 8.42 Å². The first-order chi connectivity index (χ1) is 12.3. The van der Waals surface area contributed by atoms with Crippen LogP contribution in [0.5, 0.6) is 0 Å². The molecular weight excluding hydrogens is 376 g/mol. The summed E-state index contributed by atoms with van der Waals surface area (Å²) in [5, 5.41) is 18.9. The number of nitriles is 1. The fourth-order valence-electron chi connectivity index (χ4n) is 2.59. The van der Waals surface area contributed by atoms with Crippen molar-refractivity contribution < 1.29 is 13.2 Å². The fraction of sp³-hybridized carbons (Fsp3) is 0.118. The van der Waals surface area contributed by atoms with Gasteiger partial charge < -0.3 is 5.32 Å². The van der Waals surface area contributed by atoms with Crippen molar-refractivity contribution in [1.29, 1.82) is 5.26 Å². The monoisotopic (exact) mass is 388 g/mol. The molecule has 0 aliphatic heterocycles. The Hall–Kier alpha value is -2.89. The van der Waals surface area contributed by atoms with Gasteiger partial charge in [-0.05, 0) is 23.8 Å². The highest BCUT2D eigenvalue weighted by Gasteiger charge is 2.20. The maximum absolute atomic E-state index is 12.3. The zero-order valence-electron chi connectivity index (χ0n) is 13.6. The predicted molar refractivity (Wildman–Crippen MR) is 97.7 cm³/mol. The third-order valence-corrected chi connectivity index (χ3v) is 5.21. The van der Waals surface area contributed by atoms with Gasteiger partial charge in [0.05, 0.1) is 22.2 Å². The summed E-state index contributed by atoms with van der Waals surface area (Å²) in [6.07, 6.45) is 1.07. The highest BCUT2D eigenvalue weighted by molar-refractivity contribution is 7.91. The van der Waals surface area contributed by atoms with Gasteiger partial charge in [0.2, 0.25) is 5.91 Å². The molecule has 0 unspecified atom stereocenters. The minimum atomic E-state index is -3.64. The number of sulfone groups is 1. The second-order valence-electron chi connectivity index (χ2n) is 5.67. The minimum Gasteiger partial charge on any atom is -0.326 e. The third kappa shape index (κ3) is 3.54. The van der Waals surface area contributed by atoms with Gasteiger partial charge in [-0.1, -0.05) is 29.8 Å². The van der Waals surface area contributed by atoms with Crippen molar-refractivity contribution in [3.05, 3.63) is 52.7 Å². The number of nitrogens with zero attached hydrogens (tertiary/aromatic N) is 2. The Morgan fingerprint density at radius 2 is 2.08 bits per heavy atom. The summed E-state index contributed by atoms with van der Waals surface area (Å²) in [4.78, 5) is 12.2. The van der Waals surface area contributed by atoms with Gasteiger partial charge in [0.1, 0.15) is 6.07 Å². The maximum atomic E-state index is 12.3. The smallest absolute Gasteiger partial charge is 0.228 e. The van der Waals surface area contributed by atoms with Gasteiger partial charge in [-0.2, -0.15) is 10.4 Å². The van der Waals surface area contributed by atoms with E-state index in [9.17, 15) is 13.2 Å². The topological polar surface area (TPSA) is 116 Å². The number of amides is 1. The van der Waals surface area contributed by atoms with Gasteiger partial charge in [-0.15, -0.1) is 0 Å². The van der Waals surface area contributed by atoms with Crippen LogP contribution in [0.4, 0.5) is 5.69 Å². The first-order valence-electron chi connectivity index (χ1n) is 7.45. The molecule has 9 heteroatoms. The zero-order chi connectivity index (χ0) is 18.9. The molecule has 132 valence electrons. The van der Waals surface area contributed by atoms with Crippen LogP contribution >= 0.6 is 11.6 Å². The Bertz CT molecular complexity index is 1160. The first kappa shape index (κ1) is 17.9. The summed E-state index contributed by atoms with van der Waals surface area (Å²) in [7, 11) is -3.64. The van der Waals surface area contributed by atoms with Crippen molar-refractivity contribution in [3.8, 4) is 6.07 Å². The minimum absolute atomic E-state index is 0.0191. The van der Waals surface area contributed by atoms with Crippen LogP contribution in [0.1, 0.15) is 11.3 Å². The molecule has 2 N–H and O–H groups in total. The molecule has 0 aliphatic carbocycles. The van der Waals surface area contributed by atoms with Gasteiger partial charge in [0.15, 0.2) is 15.5 Å². The van der Waals surface area contributed by atoms with Crippen molar-refractivity contribution in [3.63, 3.8) is 0 Å². The highest BCUT2D eigenvalue weighted by atomic mass is 35.5. The van der Waals surface area contributed by atoms with E-state index in [4.69, 9.17) is 16.9 Å². The van der Waals surface area contributed by atoms with Crippen LogP contribution < -0.4 is 5.32 Å². The van der Waals surface area contributed by atoms with Crippen molar-refractivity contribution in [1.82, 2.24) is 10.2 Å². The quantitative estimate of drug-likeness (QED) is 0.712. The molecule has 0 atom stereocenters. The second-order valence-corrected chi connectivity index (χ2v) is 8.06. The molecule has 1 heterocycles. The SMILES string of the molecule is CS(=O)(=O)c1cc(NC(=O)Cc2ccccc2Cl)cc2[nH]nc(C#N)c12. The Kier molecular flexibility index (Phi) is 4.68. The molecule has 3 aromatic rings. The summed E-state index contributed by atoms with van der Waals surface area (Å²) in [5.74, 6) is -0.350. The van der Waals surface area contributed by atoms with Crippen LogP contribution in [0, 0.1) is 11.3 Å². The third-order valence-electron chi connectivity index (χ3n) is 3.73. The van der Waals surface area contributed by atoms with Crippen molar-refractivity contribution in [2.75, 3.05) is 11.6 Å². The average Bonchev–Trinajstić information content (AvgIpc) is 2.98. The Labute approximate surface area is 154 Å². The van der Waals surface area contributed by atoms with Crippen molar-refractivity contribution in [2.45, 2.75) is 11.3 Å². The summed E-state index contributed by atoms with van der Waals surface area (Å²) in [5.41, 5.74) is 1.26. The predicted octanol–water partition coefficient (Wildman–Crippen LogP) is 2.67. The number of hydrogen-bond acceptors (Lipinski definition) is 5. The van der Waals surface area contributed by atoms with Gasteiger partial charge >= 0.3 is 0 Å². The molecule has 0 fully saturated rings. The van der Waals surface area contributed by atoms with Gasteiger partial charge in [-0.3, -0.25) is 9.89 Å². The van der Waals surface area contributed by atoms with E-state index < -0.39 is 9.84 Å². The van der Waals surface area contributed by atoms with E-state index in [-0.39, 0.29) is 34.0 Å². The number of anilines is 1. The number of carbonyl (C=O) groups excluding carboxylic acids is 1. The lowest BCUT2D eigenvalue weighted by Gasteiger charge is -2.09. The van der Waals surface area contributed by atoms with Crippen LogP contribution in [-0.2, 0) is 21.1 Å². The van der Waals surface area contributed by atoms with E-state index in [1.165, 1.54) is 12.1 Å². The zero-order valence-corrected chi connectivity index (χ0v) is 15.1. The molecular formula is C17H13ClN4O3S. The molecule has 1 aromatic heterocycles. The van der Waals surface area contributed by atoms with Crippen LogP contribution in [-0.4, -0.2) is 30.8 Å². The van der Waals surface area contributed by atoms with E-state index in [0.29, 0.717) is 16.1 Å². The number of nitrogens with one attached hydrogen (secondary N) is 2. The summed E-state index contributed by atoms with van der Waals surface area (Å²) in [6, 6.07) is 11.7. The lowest BCUT2D eigenvalue weighted by molar-refractivity contribution is -0.115. The first-order valence-corrected chi connectivity index (χ1v) is 9.72. The molecule has 0 bridgehead atoms. The number of aromatic amines is 1. The lowest BCUT2D eigenvalue weighted by Crippen LogP contribution is -2.15. The van der Waals surface area contributed by atoms with Crippen LogP contribution in [0.25, 0.3) is 10.9 Å². The van der Waals surface area contributed by atoms with Crippen molar-refractivity contribution >= 4 is 43.9 Å². The largest absolute Gasteiger partial charge is 0.326 e. The molecule has 26 heavy (non-hydrogen) atoms. The molecule has 0 saturated carbocycles. The molecule has 0 saturated heterocycles. The number of hydrogen-bond donors (Lipinski definition) is 2. The van der Waals surface area contributed by atoms with E-state index in [2.05, 4.69) is 15.5 Å². The standard InChI is InChI=1S/C17H13ClN4O3S/c1-26(24,25)15-8-11(7-13-17(15)14(9-19)22-21-13)20-16(23)6-10-4-2-3-5-12(10)18/h2-5,7-8H,6H2,1H3,(H,20,23)(H,21,22). The summed E-state index contributed by atoms with van der Waals surface area (Å²) < 4.78 is 24.2. The molecule has 0 spiro atoms. The maximum Gasteiger partial charge on any atom is 0.228 e. The molecule has 0 aliphatic rings. The Morgan fingerprint density at radius 3 is 2.73 bits per heavy atom. The van der Waals surface area contributed by atoms with E-state index >= 15 is 0 Å². The fourth-order valence-corrected chi connectivity index (χ4v) is 3.71. The van der Waals surface area contributed by atoms with Crippen LogP contribution in [0.15, 0.2) is 41.3 Å². The number of benzene rings is 2. The lowest BCUT2D eigenvalue weighted by atomic mass is 10.1. The normalized spacial score (nSPS) is 11.3. The summed E-state index contributed by atoms with van der Waals surface area (Å²) >= 11 is 6.05. The number of H-pyrrole nitrogens is 1. The van der Waals surface area contributed by atoms with Crippen LogP contribution in [0.2, 0.25) is 5.02 Å². The summed E-state index contributed by atoms with van der Waals surface area (Å²) in [6.45, 7) is 0. The van der Waals surface area contributed by atoms with E-state index in [1.54, 1.807) is 24.3 Å². The number of carbonyl (C=O) groups is 1. The van der Waals surface area contributed by atoms with E-state index in [0.717, 1.165) is 6.26 Å². The average molecular weight is 389 g/mol. The van der Waals surface area contributed by atoms with E-state index in [1.807, 2.05) is 6.07 Å². The molecule has 2 aromatic carbocycles. The molecule has 0 radical (unpaired) electrons. The molecule has 3 rings (SSSR count). The van der Waals surface area contributed by atoms with Gasteiger partial charge in [0, 0.05) is 17.0 Å². The molecule has 7 nitrogen and oxygen atoms in total. The number of aromatic nitrogens is 2. The number of rotatable bonds is 4. The Balaban J connectivity index is 1.98. The number of halogens is 1. The second kappa shape index (κ2) is 6.78. The molecule has 1 amide bonds. The number of fused-ring (bicyclic) bond motifs is 1. The Morgan fingerprint density at radius 1 is 1.35 bits per heavy atom. The van der Waals surface area contributed by atoms with Gasteiger partial charge in [0.25, 0.3) is 0 Å². The highest BCUT2D eigenvalue weighted by Crippen LogP contribution is 2.29.